The first kappa shape index (κ1) is 32.8. The summed E-state index contributed by atoms with van der Waals surface area (Å²) in [7, 11) is 1.54. The fraction of sp³-hybridized carbons (Fsp3) is 0.562. The van der Waals surface area contributed by atoms with Crippen LogP contribution < -0.4 is 20.1 Å². The number of hydrogen-bond donors (Lipinski definition) is 2. The number of esters is 1. The van der Waals surface area contributed by atoms with Crippen LogP contribution in [0.2, 0.25) is 0 Å². The van der Waals surface area contributed by atoms with Gasteiger partial charge in [0.25, 0.3) is 5.91 Å². The highest BCUT2D eigenvalue weighted by molar-refractivity contribution is 5.80. The predicted molar refractivity (Wildman–Crippen MR) is 160 cm³/mol. The molecule has 2 aliphatic heterocycles. The van der Waals surface area contributed by atoms with Gasteiger partial charge < -0.3 is 24.8 Å². The van der Waals surface area contributed by atoms with Crippen LogP contribution in [0, 0.1) is 11.3 Å². The van der Waals surface area contributed by atoms with Crippen LogP contribution in [-0.2, 0) is 32.1 Å². The summed E-state index contributed by atoms with van der Waals surface area (Å²) in [5, 5.41) is 5.98. The zero-order valence-electron chi connectivity index (χ0n) is 25.4. The van der Waals surface area contributed by atoms with Gasteiger partial charge in [-0.2, -0.15) is 0 Å². The Morgan fingerprint density at radius 3 is 2.62 bits per heavy atom. The van der Waals surface area contributed by atoms with Crippen molar-refractivity contribution < 1.29 is 28.6 Å². The minimum Gasteiger partial charge on any atom is -0.493 e. The van der Waals surface area contributed by atoms with Gasteiger partial charge in [-0.3, -0.25) is 24.3 Å². The quantitative estimate of drug-likeness (QED) is 0.359. The maximum atomic E-state index is 13.5. The number of rotatable bonds is 8. The van der Waals surface area contributed by atoms with Gasteiger partial charge >= 0.3 is 5.97 Å². The predicted octanol–water partition coefficient (Wildman–Crippen LogP) is 3.53. The molecule has 2 N–H and O–H groups in total. The monoisotopic (exact) mass is 582 g/mol. The number of methoxy groups -OCH3 is 1. The van der Waals surface area contributed by atoms with Gasteiger partial charge in [-0.25, -0.2) is 0 Å². The molecular formula is C32H46N4O6. The van der Waals surface area contributed by atoms with E-state index in [1.54, 1.807) is 25.4 Å². The van der Waals surface area contributed by atoms with Crippen molar-refractivity contribution >= 4 is 17.8 Å². The van der Waals surface area contributed by atoms with E-state index in [0.29, 0.717) is 69.3 Å². The lowest BCUT2D eigenvalue weighted by molar-refractivity contribution is -0.156. The highest BCUT2D eigenvalue weighted by atomic mass is 16.5. The summed E-state index contributed by atoms with van der Waals surface area (Å²) in [4.78, 5) is 45.5. The summed E-state index contributed by atoms with van der Waals surface area (Å²) < 4.78 is 17.0. The van der Waals surface area contributed by atoms with Crippen molar-refractivity contribution in [2.24, 2.45) is 11.3 Å². The molecule has 1 atom stereocenters. The maximum absolute atomic E-state index is 13.5. The van der Waals surface area contributed by atoms with Gasteiger partial charge in [0.2, 0.25) is 5.91 Å². The van der Waals surface area contributed by atoms with E-state index in [-0.39, 0.29) is 37.5 Å². The number of hydrogen-bond acceptors (Lipinski definition) is 8. The summed E-state index contributed by atoms with van der Waals surface area (Å²) in [6.45, 7) is 8.68. The Balaban J connectivity index is 1.88. The van der Waals surface area contributed by atoms with Crippen LogP contribution in [0.4, 0.5) is 0 Å². The fourth-order valence-electron chi connectivity index (χ4n) is 5.05. The molecule has 0 aliphatic carbocycles. The molecule has 10 nitrogen and oxygen atoms in total. The highest BCUT2D eigenvalue weighted by Gasteiger charge is 2.40. The Morgan fingerprint density at radius 2 is 1.90 bits per heavy atom. The molecule has 2 aliphatic rings. The second kappa shape index (κ2) is 16.7. The number of carbonyl (C=O) groups is 3. The third-order valence-corrected chi connectivity index (χ3v) is 7.45. The van der Waals surface area contributed by atoms with E-state index in [0.717, 1.165) is 17.5 Å². The molecule has 0 fully saturated rings. The average molecular weight is 583 g/mol. The summed E-state index contributed by atoms with van der Waals surface area (Å²) in [6.07, 6.45) is 6.17. The van der Waals surface area contributed by atoms with Gasteiger partial charge in [0.1, 0.15) is 0 Å². The van der Waals surface area contributed by atoms with Crippen LogP contribution in [0.5, 0.6) is 11.5 Å². The van der Waals surface area contributed by atoms with Gasteiger partial charge in [-0.1, -0.05) is 19.9 Å². The number of nitrogens with one attached hydrogen (secondary N) is 2. The molecule has 2 amide bonds. The number of ether oxygens (including phenoxy) is 3. The van der Waals surface area contributed by atoms with E-state index in [9.17, 15) is 14.4 Å². The molecule has 4 rings (SSSR count). The number of fused-ring (bicyclic) bond motifs is 16. The number of carbonyl (C=O) groups excluding carboxylic acids is 3. The first-order valence-corrected chi connectivity index (χ1v) is 14.9. The van der Waals surface area contributed by atoms with E-state index in [2.05, 4.69) is 34.4 Å². The van der Waals surface area contributed by atoms with Crippen LogP contribution >= 0.6 is 0 Å². The summed E-state index contributed by atoms with van der Waals surface area (Å²) in [5.41, 5.74) is 1.00. The number of aromatic nitrogens is 1. The average Bonchev–Trinajstić information content (AvgIpc) is 2.98. The molecule has 3 heterocycles. The van der Waals surface area contributed by atoms with Crippen molar-refractivity contribution in [2.75, 3.05) is 46.5 Å². The lowest BCUT2D eigenvalue weighted by atomic mass is 9.76. The minimum atomic E-state index is -0.945. The van der Waals surface area contributed by atoms with Crippen molar-refractivity contribution in [3.8, 4) is 11.5 Å². The Morgan fingerprint density at radius 1 is 1.12 bits per heavy atom. The summed E-state index contributed by atoms with van der Waals surface area (Å²) in [5.74, 6) is 0.600. The van der Waals surface area contributed by atoms with Gasteiger partial charge in [0.15, 0.2) is 18.1 Å². The standard InChI is InChI=1S/C32H46N4O6/c1-5-41-31(39)32(13-10-24(2)3)20-26-8-9-27(28(19-26)40-4)42-22-30(38)34-16-18-36(17-6-7-29(37)35-23-32)21-25-11-14-33-15-12-25/h8-9,11-12,14-15,19,24H,5-7,10,13,16-18,20-23H2,1-4H3,(H,34,38)(H,35,37). The van der Waals surface area contributed by atoms with E-state index < -0.39 is 5.41 Å². The van der Waals surface area contributed by atoms with E-state index in [4.69, 9.17) is 14.2 Å². The summed E-state index contributed by atoms with van der Waals surface area (Å²) >= 11 is 0. The van der Waals surface area contributed by atoms with Crippen molar-refractivity contribution in [3.63, 3.8) is 0 Å². The highest BCUT2D eigenvalue weighted by Crippen LogP contribution is 2.35. The van der Waals surface area contributed by atoms with Crippen LogP contribution in [0.25, 0.3) is 0 Å². The normalized spacial score (nSPS) is 19.5. The zero-order valence-corrected chi connectivity index (χ0v) is 25.4. The van der Waals surface area contributed by atoms with E-state index in [1.165, 1.54) is 7.11 Å². The first-order valence-electron chi connectivity index (χ1n) is 14.9. The number of benzene rings is 1. The lowest BCUT2D eigenvalue weighted by Crippen LogP contribution is -2.46. The molecule has 10 heteroatoms. The molecule has 1 aromatic carbocycles. The molecule has 0 saturated heterocycles. The summed E-state index contributed by atoms with van der Waals surface area (Å²) in [6, 6.07) is 9.36. The fourth-order valence-corrected chi connectivity index (χ4v) is 5.05. The lowest BCUT2D eigenvalue weighted by Gasteiger charge is -2.33. The van der Waals surface area contributed by atoms with Crippen molar-refractivity contribution in [1.82, 2.24) is 20.5 Å². The largest absolute Gasteiger partial charge is 0.493 e. The van der Waals surface area contributed by atoms with Gasteiger partial charge in [0.05, 0.1) is 19.1 Å². The molecular weight excluding hydrogens is 536 g/mol. The number of nitrogens with zero attached hydrogens (tertiary/aromatic N) is 2. The molecule has 1 aromatic heterocycles. The van der Waals surface area contributed by atoms with Gasteiger partial charge in [-0.05, 0) is 80.5 Å². The Bertz CT molecular complexity index is 1160. The van der Waals surface area contributed by atoms with Crippen LogP contribution in [0.1, 0.15) is 57.6 Å². The molecule has 0 saturated carbocycles. The van der Waals surface area contributed by atoms with Gasteiger partial charge in [0, 0.05) is 45.0 Å². The van der Waals surface area contributed by atoms with Crippen LogP contribution in [0.3, 0.4) is 0 Å². The topological polar surface area (TPSA) is 119 Å². The molecule has 2 bridgehead atoms. The molecule has 0 spiro atoms. The van der Waals surface area contributed by atoms with Crippen LogP contribution in [0.15, 0.2) is 42.7 Å². The molecule has 2 aromatic rings. The van der Waals surface area contributed by atoms with Crippen LogP contribution in [-0.4, -0.2) is 74.2 Å². The number of amides is 2. The third kappa shape index (κ3) is 10.3. The molecule has 230 valence electrons. The Labute approximate surface area is 249 Å². The molecule has 1 unspecified atom stereocenters. The third-order valence-electron chi connectivity index (χ3n) is 7.45. The number of pyridine rings is 1. The second-order valence-electron chi connectivity index (χ2n) is 11.2. The maximum Gasteiger partial charge on any atom is 0.314 e. The minimum absolute atomic E-state index is 0.107. The van der Waals surface area contributed by atoms with Crippen molar-refractivity contribution in [2.45, 2.75) is 59.4 Å². The SMILES string of the molecule is CCOC(=O)C1(CCC(C)C)CNC(=O)CCCN(Cc2ccncc2)CCNC(=O)COc2ccc(cc2OC)C1. The van der Waals surface area contributed by atoms with Crippen molar-refractivity contribution in [1.29, 1.82) is 0 Å². The van der Waals surface area contributed by atoms with E-state index >= 15 is 0 Å². The zero-order chi connectivity index (χ0) is 30.4. The Kier molecular flexibility index (Phi) is 13.1. The Hall–Kier alpha value is -3.66. The second-order valence-corrected chi connectivity index (χ2v) is 11.2. The first-order chi connectivity index (χ1) is 20.2. The smallest absolute Gasteiger partial charge is 0.314 e. The van der Waals surface area contributed by atoms with Gasteiger partial charge in [-0.15, -0.1) is 0 Å². The van der Waals surface area contributed by atoms with Crippen molar-refractivity contribution in [3.05, 3.63) is 53.9 Å². The molecule has 42 heavy (non-hydrogen) atoms. The molecule has 0 radical (unpaired) electrons. The van der Waals surface area contributed by atoms with E-state index in [1.807, 2.05) is 24.3 Å².